The van der Waals surface area contributed by atoms with Gasteiger partial charge in [0.15, 0.2) is 0 Å². The summed E-state index contributed by atoms with van der Waals surface area (Å²) in [6.07, 6.45) is 9.07. The van der Waals surface area contributed by atoms with Crippen LogP contribution in [0.3, 0.4) is 0 Å². The predicted octanol–water partition coefficient (Wildman–Crippen LogP) is 3.66. The molecule has 18 heavy (non-hydrogen) atoms. The van der Waals surface area contributed by atoms with Gasteiger partial charge in [-0.15, -0.1) is 0 Å². The standard InChI is InChI=1S/C16H20N2/c1-2-16(7-3-8-16)18-11-13-4-5-15-12-17-9-6-14(15)10-13/h4-6,9-10,12,18H,2-3,7-8,11H2,1H3. The molecule has 1 aromatic carbocycles. The maximum Gasteiger partial charge on any atom is 0.0346 e. The Labute approximate surface area is 108 Å². The van der Waals surface area contributed by atoms with Gasteiger partial charge in [0.2, 0.25) is 0 Å². The second-order valence-corrected chi connectivity index (χ2v) is 5.40. The molecule has 0 atom stereocenters. The Hall–Kier alpha value is -1.41. The van der Waals surface area contributed by atoms with Gasteiger partial charge in [0.25, 0.3) is 0 Å². The van der Waals surface area contributed by atoms with Gasteiger partial charge in [-0.25, -0.2) is 0 Å². The highest BCUT2D eigenvalue weighted by molar-refractivity contribution is 5.81. The molecule has 1 aromatic heterocycles. The van der Waals surface area contributed by atoms with Crippen LogP contribution in [0.15, 0.2) is 36.7 Å². The summed E-state index contributed by atoms with van der Waals surface area (Å²) in [6, 6.07) is 8.72. The molecule has 2 aromatic rings. The smallest absolute Gasteiger partial charge is 0.0346 e. The quantitative estimate of drug-likeness (QED) is 0.882. The molecular weight excluding hydrogens is 220 g/mol. The normalized spacial score (nSPS) is 17.6. The Morgan fingerprint density at radius 3 is 2.83 bits per heavy atom. The van der Waals surface area contributed by atoms with Crippen molar-refractivity contribution < 1.29 is 0 Å². The van der Waals surface area contributed by atoms with Crippen molar-refractivity contribution in [2.75, 3.05) is 0 Å². The number of nitrogens with one attached hydrogen (secondary N) is 1. The third-order valence-electron chi connectivity index (χ3n) is 4.36. The van der Waals surface area contributed by atoms with Crippen LogP contribution in [0.4, 0.5) is 0 Å². The van der Waals surface area contributed by atoms with Gasteiger partial charge in [0.05, 0.1) is 0 Å². The fraction of sp³-hybridized carbons (Fsp3) is 0.438. The van der Waals surface area contributed by atoms with Crippen LogP contribution in [-0.2, 0) is 6.54 Å². The molecule has 1 saturated carbocycles. The van der Waals surface area contributed by atoms with Gasteiger partial charge in [-0.3, -0.25) is 4.98 Å². The molecule has 94 valence electrons. The maximum absolute atomic E-state index is 4.15. The van der Waals surface area contributed by atoms with Gasteiger partial charge in [-0.05, 0) is 48.8 Å². The zero-order valence-electron chi connectivity index (χ0n) is 10.9. The summed E-state index contributed by atoms with van der Waals surface area (Å²) in [4.78, 5) is 4.15. The summed E-state index contributed by atoms with van der Waals surface area (Å²) in [5.41, 5.74) is 1.79. The average molecular weight is 240 g/mol. The van der Waals surface area contributed by atoms with E-state index in [4.69, 9.17) is 0 Å². The Kier molecular flexibility index (Phi) is 3.04. The van der Waals surface area contributed by atoms with E-state index in [0.29, 0.717) is 5.54 Å². The molecule has 2 nitrogen and oxygen atoms in total. The topological polar surface area (TPSA) is 24.9 Å². The highest BCUT2D eigenvalue weighted by Crippen LogP contribution is 2.34. The van der Waals surface area contributed by atoms with Crippen molar-refractivity contribution in [2.24, 2.45) is 0 Å². The molecule has 0 aliphatic heterocycles. The van der Waals surface area contributed by atoms with Gasteiger partial charge in [-0.1, -0.05) is 19.1 Å². The number of nitrogens with zero attached hydrogens (tertiary/aromatic N) is 1. The van der Waals surface area contributed by atoms with Crippen molar-refractivity contribution in [3.05, 3.63) is 42.2 Å². The molecule has 0 radical (unpaired) electrons. The molecule has 0 spiro atoms. The zero-order valence-corrected chi connectivity index (χ0v) is 10.9. The first-order chi connectivity index (χ1) is 8.81. The largest absolute Gasteiger partial charge is 0.307 e. The van der Waals surface area contributed by atoms with Crippen LogP contribution in [0.25, 0.3) is 10.8 Å². The minimum absolute atomic E-state index is 0.424. The summed E-state index contributed by atoms with van der Waals surface area (Å²) in [6.45, 7) is 3.27. The van der Waals surface area contributed by atoms with Gasteiger partial charge < -0.3 is 5.32 Å². The van der Waals surface area contributed by atoms with E-state index in [1.54, 1.807) is 0 Å². The molecule has 0 bridgehead atoms. The van der Waals surface area contributed by atoms with Crippen molar-refractivity contribution in [3.8, 4) is 0 Å². The summed E-state index contributed by atoms with van der Waals surface area (Å²) < 4.78 is 0. The zero-order chi connectivity index (χ0) is 12.4. The number of benzene rings is 1. The summed E-state index contributed by atoms with van der Waals surface area (Å²) in [5, 5.41) is 6.25. The Morgan fingerprint density at radius 2 is 2.11 bits per heavy atom. The summed E-state index contributed by atoms with van der Waals surface area (Å²) >= 11 is 0. The van der Waals surface area contributed by atoms with Crippen molar-refractivity contribution in [3.63, 3.8) is 0 Å². The van der Waals surface area contributed by atoms with Crippen LogP contribution < -0.4 is 5.32 Å². The molecule has 0 unspecified atom stereocenters. The van der Waals surface area contributed by atoms with Crippen molar-refractivity contribution in [1.82, 2.24) is 10.3 Å². The molecule has 2 heteroatoms. The highest BCUT2D eigenvalue weighted by atomic mass is 15.0. The molecule has 1 fully saturated rings. The minimum Gasteiger partial charge on any atom is -0.307 e. The highest BCUT2D eigenvalue weighted by Gasteiger charge is 2.34. The predicted molar refractivity (Wildman–Crippen MR) is 75.5 cm³/mol. The molecule has 0 saturated heterocycles. The van der Waals surface area contributed by atoms with Crippen molar-refractivity contribution in [2.45, 2.75) is 44.7 Å². The first-order valence-electron chi connectivity index (χ1n) is 6.89. The second kappa shape index (κ2) is 4.69. The van der Waals surface area contributed by atoms with Crippen LogP contribution >= 0.6 is 0 Å². The van der Waals surface area contributed by atoms with Crippen LogP contribution in [0.5, 0.6) is 0 Å². The number of pyridine rings is 1. The Bertz CT molecular complexity index is 538. The van der Waals surface area contributed by atoms with E-state index in [1.807, 2.05) is 12.4 Å². The van der Waals surface area contributed by atoms with Gasteiger partial charge in [0.1, 0.15) is 0 Å². The summed E-state index contributed by atoms with van der Waals surface area (Å²) in [5.74, 6) is 0. The van der Waals surface area contributed by atoms with E-state index in [0.717, 1.165) is 6.54 Å². The third kappa shape index (κ3) is 2.13. The molecule has 1 N–H and O–H groups in total. The monoisotopic (exact) mass is 240 g/mol. The van der Waals surface area contributed by atoms with Crippen LogP contribution in [-0.4, -0.2) is 10.5 Å². The Balaban J connectivity index is 1.74. The van der Waals surface area contributed by atoms with Crippen molar-refractivity contribution in [1.29, 1.82) is 0 Å². The number of aromatic nitrogens is 1. The second-order valence-electron chi connectivity index (χ2n) is 5.40. The number of rotatable bonds is 4. The third-order valence-corrected chi connectivity index (χ3v) is 4.36. The molecule has 3 rings (SSSR count). The molecule has 1 heterocycles. The molecule has 1 aliphatic carbocycles. The first kappa shape index (κ1) is 11.7. The number of fused-ring (bicyclic) bond motifs is 1. The SMILES string of the molecule is CCC1(NCc2ccc3cnccc3c2)CCC1. The van der Waals surface area contributed by atoms with E-state index in [2.05, 4.69) is 41.5 Å². The van der Waals surface area contributed by atoms with Crippen LogP contribution in [0.2, 0.25) is 0 Å². The number of hydrogen-bond donors (Lipinski definition) is 1. The lowest BCUT2D eigenvalue weighted by molar-refractivity contribution is 0.175. The lowest BCUT2D eigenvalue weighted by Gasteiger charge is -2.42. The van der Waals surface area contributed by atoms with Gasteiger partial charge in [-0.2, -0.15) is 0 Å². The van der Waals surface area contributed by atoms with E-state index in [9.17, 15) is 0 Å². The minimum atomic E-state index is 0.424. The lowest BCUT2D eigenvalue weighted by atomic mass is 9.75. The van der Waals surface area contributed by atoms with Crippen LogP contribution in [0, 0.1) is 0 Å². The van der Waals surface area contributed by atoms with Crippen molar-refractivity contribution >= 4 is 10.8 Å². The van der Waals surface area contributed by atoms with E-state index in [-0.39, 0.29) is 0 Å². The first-order valence-corrected chi connectivity index (χ1v) is 6.89. The summed E-state index contributed by atoms with van der Waals surface area (Å²) in [7, 11) is 0. The molecule has 0 amide bonds. The van der Waals surface area contributed by atoms with E-state index in [1.165, 1.54) is 42.0 Å². The molecular formula is C16H20N2. The number of hydrogen-bond acceptors (Lipinski definition) is 2. The fourth-order valence-corrected chi connectivity index (χ4v) is 2.79. The van der Waals surface area contributed by atoms with Gasteiger partial charge in [0, 0.05) is 29.9 Å². The maximum atomic E-state index is 4.15. The lowest BCUT2D eigenvalue weighted by Crippen LogP contribution is -2.49. The molecule has 1 aliphatic rings. The van der Waals surface area contributed by atoms with E-state index < -0.39 is 0 Å². The van der Waals surface area contributed by atoms with Crippen LogP contribution in [0.1, 0.15) is 38.2 Å². The Morgan fingerprint density at radius 1 is 1.22 bits per heavy atom. The fourth-order valence-electron chi connectivity index (χ4n) is 2.79. The average Bonchev–Trinajstić information content (AvgIpc) is 2.38. The van der Waals surface area contributed by atoms with Gasteiger partial charge >= 0.3 is 0 Å². The van der Waals surface area contributed by atoms with E-state index >= 15 is 0 Å².